The van der Waals surface area contributed by atoms with E-state index in [4.69, 9.17) is 0 Å². The molecule has 0 aliphatic rings. The molecule has 7 nitrogen and oxygen atoms in total. The Labute approximate surface area is 294 Å². The topological polar surface area (TPSA) is 121 Å². The van der Waals surface area contributed by atoms with E-state index < -0.39 is 11.9 Å². The minimum atomic E-state index is -1.16. The molecule has 0 bridgehead atoms. The number of carbonyl (C=O) groups excluding carboxylic acids is 2. The second kappa shape index (κ2) is 13.7. The van der Waals surface area contributed by atoms with Gasteiger partial charge in [0.2, 0.25) is 0 Å². The van der Waals surface area contributed by atoms with Gasteiger partial charge in [0, 0.05) is 34.9 Å². The molecule has 0 aliphatic carbocycles. The van der Waals surface area contributed by atoms with Crippen molar-refractivity contribution in [3.8, 4) is 0 Å². The maximum Gasteiger partial charge on any atom is 0.336 e. The fraction of sp³-hybridized carbons (Fsp3) is 0.182. The zero-order valence-corrected chi connectivity index (χ0v) is 28.5. The van der Waals surface area contributed by atoms with Crippen molar-refractivity contribution >= 4 is 66.7 Å². The van der Waals surface area contributed by atoms with E-state index >= 15 is 0 Å². The Kier molecular flexibility index (Phi) is 8.96. The van der Waals surface area contributed by atoms with E-state index in [1.165, 1.54) is 23.3 Å². The number of ketones is 1. The fourth-order valence-electron chi connectivity index (χ4n) is 7.57. The van der Waals surface area contributed by atoms with Crippen molar-refractivity contribution in [2.24, 2.45) is 0 Å². The third-order valence-corrected chi connectivity index (χ3v) is 9.89. The zero-order chi connectivity index (χ0) is 35.8. The molecule has 0 aromatic heterocycles. The van der Waals surface area contributed by atoms with Crippen LogP contribution in [0.3, 0.4) is 0 Å². The van der Waals surface area contributed by atoms with Crippen LogP contribution in [0.15, 0.2) is 97.1 Å². The third kappa shape index (κ3) is 6.27. The van der Waals surface area contributed by atoms with E-state index in [-0.39, 0.29) is 34.8 Å². The Balaban J connectivity index is 1.31. The van der Waals surface area contributed by atoms with E-state index in [1.807, 2.05) is 37.3 Å². The summed E-state index contributed by atoms with van der Waals surface area (Å²) < 4.78 is 0. The summed E-state index contributed by atoms with van der Waals surface area (Å²) in [5.41, 5.74) is 5.27. The van der Waals surface area contributed by atoms with Crippen LogP contribution in [0.4, 0.5) is 0 Å². The molecule has 0 spiro atoms. The van der Waals surface area contributed by atoms with Crippen molar-refractivity contribution in [1.82, 2.24) is 5.32 Å². The lowest BCUT2D eigenvalue weighted by atomic mass is 9.83. The number of aryl methyl sites for hydroxylation is 3. The molecule has 0 radical (unpaired) electrons. The molecule has 0 saturated heterocycles. The molecule has 7 aromatic carbocycles. The van der Waals surface area contributed by atoms with Crippen molar-refractivity contribution in [3.63, 3.8) is 0 Å². The molecule has 0 saturated carbocycles. The maximum absolute atomic E-state index is 13.8. The van der Waals surface area contributed by atoms with Crippen molar-refractivity contribution in [3.05, 3.63) is 142 Å². The van der Waals surface area contributed by atoms with Gasteiger partial charge in [0.25, 0.3) is 5.91 Å². The smallest absolute Gasteiger partial charge is 0.336 e. The highest BCUT2D eigenvalue weighted by Gasteiger charge is 2.25. The largest absolute Gasteiger partial charge is 0.478 e. The van der Waals surface area contributed by atoms with Gasteiger partial charge in [0.15, 0.2) is 5.78 Å². The number of aromatic carboxylic acids is 2. The molecule has 0 heterocycles. The Morgan fingerprint density at radius 1 is 0.529 bits per heavy atom. The molecule has 7 heteroatoms. The van der Waals surface area contributed by atoms with Crippen LogP contribution in [-0.4, -0.2) is 40.4 Å². The van der Waals surface area contributed by atoms with Crippen molar-refractivity contribution in [2.75, 3.05) is 6.54 Å². The number of Topliss-reactive ketones (excluding diaryl/α,β-unsaturated/α-hetero) is 1. The Bertz CT molecular complexity index is 2510. The van der Waals surface area contributed by atoms with Gasteiger partial charge in [-0.05, 0) is 101 Å². The lowest BCUT2D eigenvalue weighted by molar-refractivity contribution is 0.0688. The highest BCUT2D eigenvalue weighted by molar-refractivity contribution is 6.38. The molecule has 7 aromatic rings. The summed E-state index contributed by atoms with van der Waals surface area (Å²) >= 11 is 0. The number of rotatable bonds is 12. The van der Waals surface area contributed by atoms with E-state index in [1.54, 1.807) is 30.3 Å². The van der Waals surface area contributed by atoms with Crippen molar-refractivity contribution < 1.29 is 29.4 Å². The predicted molar refractivity (Wildman–Crippen MR) is 202 cm³/mol. The van der Waals surface area contributed by atoms with Crippen LogP contribution >= 0.6 is 0 Å². The molecule has 0 fully saturated rings. The van der Waals surface area contributed by atoms with Gasteiger partial charge in [0.05, 0.1) is 11.1 Å². The lowest BCUT2D eigenvalue weighted by Crippen LogP contribution is -2.26. The van der Waals surface area contributed by atoms with E-state index in [0.29, 0.717) is 68.0 Å². The van der Waals surface area contributed by atoms with Gasteiger partial charge in [0.1, 0.15) is 0 Å². The maximum atomic E-state index is 13.8. The lowest BCUT2D eigenvalue weighted by Gasteiger charge is -2.19. The molecule has 0 aliphatic heterocycles. The summed E-state index contributed by atoms with van der Waals surface area (Å²) in [6.07, 6.45) is 3.24. The number of carbonyl (C=O) groups is 4. The molecule has 0 unspecified atom stereocenters. The van der Waals surface area contributed by atoms with Crippen LogP contribution in [0.1, 0.15) is 82.9 Å². The van der Waals surface area contributed by atoms with Crippen molar-refractivity contribution in [1.29, 1.82) is 0 Å². The van der Waals surface area contributed by atoms with Crippen LogP contribution in [0.25, 0.3) is 43.1 Å². The van der Waals surface area contributed by atoms with Gasteiger partial charge in [-0.2, -0.15) is 0 Å². The monoisotopic (exact) mass is 675 g/mol. The summed E-state index contributed by atoms with van der Waals surface area (Å²) in [6.45, 7) is 4.44. The van der Waals surface area contributed by atoms with Gasteiger partial charge in [-0.1, -0.05) is 90.0 Å². The molecule has 3 N–H and O–H groups in total. The minimum absolute atomic E-state index is 0.00116. The Morgan fingerprint density at radius 3 is 1.51 bits per heavy atom. The zero-order valence-electron chi connectivity index (χ0n) is 28.5. The molecule has 0 atom stereocenters. The first-order valence-electron chi connectivity index (χ1n) is 17.2. The summed E-state index contributed by atoms with van der Waals surface area (Å²) in [4.78, 5) is 52.7. The second-order valence-electron chi connectivity index (χ2n) is 13.4. The quantitative estimate of drug-likeness (QED) is 0.0514. The number of fused-ring (bicyclic) bond motifs is 2. The molecular weight excluding hydrogens is 638 g/mol. The standard InChI is InChI=1S/C44H37NO6/c1-25-7-5-10-27(23-25)9-3-4-12-37(46)33-17-13-29-32-16-20-36(44(50)51)41-34(42(47)45-22-21-28-11-6-8-26(2)24-28)18-14-30(39(32)41)31-15-19-35(43(48)49)40(33)38(29)31/h5-8,10-11,13-20,23-24H,3-4,9,12,21-22H2,1-2H3,(H,45,47)(H,48,49)(H,50,51). The first-order valence-corrected chi connectivity index (χ1v) is 17.2. The number of carboxylic acids is 2. The Hall–Kier alpha value is -6.08. The van der Waals surface area contributed by atoms with Gasteiger partial charge in [-0.15, -0.1) is 0 Å². The molecule has 51 heavy (non-hydrogen) atoms. The number of nitrogens with one attached hydrogen (secondary N) is 1. The number of benzene rings is 7. The highest BCUT2D eigenvalue weighted by Crippen LogP contribution is 2.44. The number of hydrogen-bond acceptors (Lipinski definition) is 4. The Morgan fingerprint density at radius 2 is 1.00 bits per heavy atom. The molecular formula is C44H37NO6. The third-order valence-electron chi connectivity index (χ3n) is 9.89. The SMILES string of the molecule is Cc1cccc(CCCCC(=O)c2ccc3c4ccc(C(=O)O)c5c(C(=O)NCCc6cccc(C)c6)ccc(c6ccc(C(=O)O)c2c36)c54)c1. The van der Waals surface area contributed by atoms with Gasteiger partial charge in [-0.25, -0.2) is 9.59 Å². The van der Waals surface area contributed by atoms with E-state index in [2.05, 4.69) is 36.5 Å². The van der Waals surface area contributed by atoms with E-state index in [0.717, 1.165) is 24.0 Å². The van der Waals surface area contributed by atoms with Crippen LogP contribution < -0.4 is 5.32 Å². The highest BCUT2D eigenvalue weighted by atomic mass is 16.4. The average molecular weight is 676 g/mol. The molecule has 254 valence electrons. The number of unbranched alkanes of at least 4 members (excludes halogenated alkanes) is 1. The summed E-state index contributed by atoms with van der Waals surface area (Å²) in [6, 6.07) is 29.8. The first kappa shape index (κ1) is 33.4. The summed E-state index contributed by atoms with van der Waals surface area (Å²) in [5, 5.41) is 28.2. The first-order chi connectivity index (χ1) is 24.6. The van der Waals surface area contributed by atoms with Gasteiger partial charge >= 0.3 is 11.9 Å². The number of amides is 1. The average Bonchev–Trinajstić information content (AvgIpc) is 3.11. The summed E-state index contributed by atoms with van der Waals surface area (Å²) in [7, 11) is 0. The van der Waals surface area contributed by atoms with Crippen LogP contribution in [-0.2, 0) is 12.8 Å². The van der Waals surface area contributed by atoms with Crippen LogP contribution in [0.5, 0.6) is 0 Å². The van der Waals surface area contributed by atoms with Gasteiger partial charge < -0.3 is 15.5 Å². The predicted octanol–water partition coefficient (Wildman–Crippen LogP) is 9.32. The number of carboxylic acid groups (broad SMARTS) is 2. The van der Waals surface area contributed by atoms with Gasteiger partial charge in [-0.3, -0.25) is 9.59 Å². The second-order valence-corrected chi connectivity index (χ2v) is 13.4. The molecule has 7 rings (SSSR count). The number of hydrogen-bond donors (Lipinski definition) is 3. The fourth-order valence-corrected chi connectivity index (χ4v) is 7.57. The summed E-state index contributed by atoms with van der Waals surface area (Å²) in [5.74, 6) is -2.80. The van der Waals surface area contributed by atoms with Crippen LogP contribution in [0, 0.1) is 13.8 Å². The molecule has 1 amide bonds. The van der Waals surface area contributed by atoms with Crippen molar-refractivity contribution in [2.45, 2.75) is 46.0 Å². The van der Waals surface area contributed by atoms with Crippen LogP contribution in [0.2, 0.25) is 0 Å². The van der Waals surface area contributed by atoms with E-state index in [9.17, 15) is 29.4 Å². The normalized spacial score (nSPS) is 11.5. The minimum Gasteiger partial charge on any atom is -0.478 e.